The van der Waals surface area contributed by atoms with E-state index in [0.717, 1.165) is 52.0 Å². The summed E-state index contributed by atoms with van der Waals surface area (Å²) in [6.45, 7) is 2.91. The molecule has 0 fully saturated rings. The molecule has 1 aromatic heterocycles. The first kappa shape index (κ1) is 18.7. The predicted molar refractivity (Wildman–Crippen MR) is 126 cm³/mol. The summed E-state index contributed by atoms with van der Waals surface area (Å²) in [6.07, 6.45) is 4.53. The van der Waals surface area contributed by atoms with Crippen molar-refractivity contribution in [3.63, 3.8) is 0 Å². The smallest absolute Gasteiger partial charge is 0.140 e. The van der Waals surface area contributed by atoms with Crippen LogP contribution < -0.4 is 9.64 Å². The molecular weight excluding hydrogens is 406 g/mol. The third-order valence-corrected chi connectivity index (χ3v) is 5.89. The molecule has 0 atom stereocenters. The molecule has 0 N–H and O–H groups in total. The van der Waals surface area contributed by atoms with Crippen molar-refractivity contribution in [2.24, 2.45) is 0 Å². The Balaban J connectivity index is 1.47. The fourth-order valence-corrected chi connectivity index (χ4v) is 4.38. The van der Waals surface area contributed by atoms with Crippen LogP contribution in [0.1, 0.15) is 18.1 Å². The molecule has 0 spiro atoms. The van der Waals surface area contributed by atoms with Gasteiger partial charge < -0.3 is 9.64 Å². The number of methoxy groups -OCH3 is 1. The van der Waals surface area contributed by atoms with Gasteiger partial charge in [0, 0.05) is 49.1 Å². The van der Waals surface area contributed by atoms with E-state index < -0.39 is 0 Å². The van der Waals surface area contributed by atoms with Crippen LogP contribution in [0.4, 0.5) is 5.82 Å². The lowest BCUT2D eigenvalue weighted by molar-refractivity contribution is 0.317. The zero-order valence-electron chi connectivity index (χ0n) is 18.4. The Bertz CT molecular complexity index is 1210. The van der Waals surface area contributed by atoms with Crippen LogP contribution in [0.2, 0.25) is 5.02 Å². The van der Waals surface area contributed by atoms with Gasteiger partial charge in [0.05, 0.1) is 8.48 Å². The maximum absolute atomic E-state index is 9.07. The molecule has 0 aliphatic carbocycles. The van der Waals surface area contributed by atoms with Gasteiger partial charge in [0.15, 0.2) is 0 Å². The Morgan fingerprint density at radius 2 is 1.94 bits per heavy atom. The largest absolute Gasteiger partial charge is 0.497 e. The van der Waals surface area contributed by atoms with E-state index in [2.05, 4.69) is 28.1 Å². The highest BCUT2D eigenvalue weighted by Crippen LogP contribution is 2.38. The second-order valence-electron chi connectivity index (χ2n) is 7.82. The van der Waals surface area contributed by atoms with Crippen LogP contribution in [0.25, 0.3) is 5.57 Å². The van der Waals surface area contributed by atoms with Gasteiger partial charge in [-0.3, -0.25) is 4.90 Å². The number of hydrogen-bond donors (Lipinski definition) is 0. The number of fused-ring (bicyclic) bond motifs is 3. The zero-order valence-corrected chi connectivity index (χ0v) is 18.1. The normalized spacial score (nSPS) is 16.4. The van der Waals surface area contributed by atoms with Gasteiger partial charge in [-0.1, -0.05) is 41.9 Å². The Hall–Kier alpha value is -3.08. The van der Waals surface area contributed by atoms with Crippen molar-refractivity contribution in [2.45, 2.75) is 13.1 Å². The lowest BCUT2D eigenvalue weighted by Crippen LogP contribution is -2.33. The van der Waals surface area contributed by atoms with Crippen LogP contribution >= 0.6 is 11.6 Å². The highest BCUT2D eigenvalue weighted by Gasteiger charge is 2.27. The topological polar surface area (TPSA) is 28.6 Å². The molecular formula is C26H24ClN3O. The molecule has 3 heterocycles. The Morgan fingerprint density at radius 3 is 2.74 bits per heavy atom. The molecule has 5 rings (SSSR count). The second kappa shape index (κ2) is 8.58. The van der Waals surface area contributed by atoms with Crippen molar-refractivity contribution in [1.82, 2.24) is 9.88 Å². The van der Waals surface area contributed by atoms with Crippen LogP contribution in [-0.4, -0.2) is 30.1 Å². The first-order chi connectivity index (χ1) is 15.6. The van der Waals surface area contributed by atoms with Crippen LogP contribution in [0.15, 0.2) is 84.7 Å². The number of nitrogens with zero attached hydrogens (tertiary/aromatic N) is 3. The van der Waals surface area contributed by atoms with Gasteiger partial charge in [0.2, 0.25) is 0 Å². The molecule has 3 aromatic rings. The molecule has 4 nitrogen and oxygen atoms in total. The van der Waals surface area contributed by atoms with E-state index in [9.17, 15) is 0 Å². The lowest BCUT2D eigenvalue weighted by atomic mass is 9.92. The van der Waals surface area contributed by atoms with E-state index in [1.807, 2.05) is 53.4 Å². The van der Waals surface area contributed by atoms with E-state index in [1.165, 1.54) is 5.56 Å². The molecule has 2 aromatic carbocycles. The molecule has 156 valence electrons. The molecule has 0 unspecified atom stereocenters. The fraction of sp³-hybridized carbons (Fsp3) is 0.192. The third-order valence-electron chi connectivity index (χ3n) is 5.66. The Kier molecular flexibility index (Phi) is 5.17. The maximum Gasteiger partial charge on any atom is 0.140 e. The molecule has 0 radical (unpaired) electrons. The summed E-state index contributed by atoms with van der Waals surface area (Å²) < 4.78 is 14.4. The SMILES string of the molecule is [2H]C1=C2CN(Cc3cccc(Cl)c3)CC=C2c2cccnc2N1Cc1ccc(OC)cc1. The molecule has 2 aliphatic heterocycles. The Morgan fingerprint density at radius 1 is 1.06 bits per heavy atom. The summed E-state index contributed by atoms with van der Waals surface area (Å²) >= 11 is 6.18. The number of rotatable bonds is 5. The van der Waals surface area contributed by atoms with Crippen molar-refractivity contribution in [3.8, 4) is 5.75 Å². The lowest BCUT2D eigenvalue weighted by Gasteiger charge is -2.35. The summed E-state index contributed by atoms with van der Waals surface area (Å²) in [5, 5.41) is 0.750. The summed E-state index contributed by atoms with van der Waals surface area (Å²) in [4.78, 5) is 8.99. The van der Waals surface area contributed by atoms with Crippen molar-refractivity contribution >= 4 is 23.0 Å². The molecule has 2 aliphatic rings. The van der Waals surface area contributed by atoms with Gasteiger partial charge in [-0.25, -0.2) is 4.98 Å². The third kappa shape index (κ3) is 4.22. The summed E-state index contributed by atoms with van der Waals surface area (Å²) in [7, 11) is 1.66. The van der Waals surface area contributed by atoms with Gasteiger partial charge >= 0.3 is 0 Å². The first-order valence-electron chi connectivity index (χ1n) is 10.9. The maximum atomic E-state index is 9.07. The quantitative estimate of drug-likeness (QED) is 0.530. The van der Waals surface area contributed by atoms with Crippen molar-refractivity contribution in [2.75, 3.05) is 25.1 Å². The fourth-order valence-electron chi connectivity index (χ4n) is 4.17. The number of hydrogen-bond acceptors (Lipinski definition) is 4. The molecule has 31 heavy (non-hydrogen) atoms. The molecule has 0 saturated heterocycles. The summed E-state index contributed by atoms with van der Waals surface area (Å²) in [5.74, 6) is 1.66. The second-order valence-corrected chi connectivity index (χ2v) is 8.25. The van der Waals surface area contributed by atoms with Crippen LogP contribution in [-0.2, 0) is 13.1 Å². The summed E-state index contributed by atoms with van der Waals surface area (Å²) in [5.41, 5.74) is 5.54. The van der Waals surface area contributed by atoms with Gasteiger partial charge in [0.25, 0.3) is 0 Å². The van der Waals surface area contributed by atoms with Crippen LogP contribution in [0, 0.1) is 0 Å². The number of aromatic nitrogens is 1. The highest BCUT2D eigenvalue weighted by molar-refractivity contribution is 6.30. The van der Waals surface area contributed by atoms with E-state index in [4.69, 9.17) is 17.7 Å². The summed E-state index contributed by atoms with van der Waals surface area (Å²) in [6, 6.07) is 20.0. The average molecular weight is 431 g/mol. The molecule has 0 bridgehead atoms. The monoisotopic (exact) mass is 430 g/mol. The zero-order chi connectivity index (χ0) is 22.1. The predicted octanol–water partition coefficient (Wildman–Crippen LogP) is 5.55. The number of ether oxygens (including phenoxy) is 1. The standard InChI is InChI=1S/C26H24ClN3O/c1-31-23-9-7-19(8-10-23)16-30-18-21-17-29(15-20-4-2-5-22(27)14-20)13-11-24(21)25-6-3-12-28-26(25)30/h2-12,14,18H,13,15-17H2,1H3/i18D. The van der Waals surface area contributed by atoms with E-state index in [0.29, 0.717) is 19.3 Å². The minimum Gasteiger partial charge on any atom is -0.497 e. The van der Waals surface area contributed by atoms with Crippen molar-refractivity contribution < 1.29 is 6.11 Å². The number of pyridine rings is 1. The first-order valence-corrected chi connectivity index (χ1v) is 10.7. The van der Waals surface area contributed by atoms with E-state index >= 15 is 0 Å². The minimum atomic E-state index is 0.508. The molecule has 5 heteroatoms. The molecule has 0 amide bonds. The molecule has 0 saturated carbocycles. The van der Waals surface area contributed by atoms with Crippen molar-refractivity contribution in [1.29, 1.82) is 0 Å². The van der Waals surface area contributed by atoms with Gasteiger partial charge in [0.1, 0.15) is 11.6 Å². The van der Waals surface area contributed by atoms with Crippen LogP contribution in [0.3, 0.4) is 0 Å². The highest BCUT2D eigenvalue weighted by atomic mass is 35.5. The van der Waals surface area contributed by atoms with Gasteiger partial charge in [-0.15, -0.1) is 0 Å². The average Bonchev–Trinajstić information content (AvgIpc) is 2.82. The van der Waals surface area contributed by atoms with E-state index in [1.54, 1.807) is 13.3 Å². The van der Waals surface area contributed by atoms with Crippen LogP contribution in [0.5, 0.6) is 5.75 Å². The van der Waals surface area contributed by atoms with Crippen molar-refractivity contribution in [3.05, 3.63) is 106 Å². The van der Waals surface area contributed by atoms with Gasteiger partial charge in [-0.2, -0.15) is 0 Å². The number of halogens is 1. The van der Waals surface area contributed by atoms with E-state index in [-0.39, 0.29) is 0 Å². The number of benzene rings is 2. The Labute approximate surface area is 189 Å². The number of anilines is 1. The minimum absolute atomic E-state index is 0.508. The van der Waals surface area contributed by atoms with Gasteiger partial charge in [-0.05, 0) is 58.7 Å².